The summed E-state index contributed by atoms with van der Waals surface area (Å²) in [6, 6.07) is 10.4. The first-order valence-electron chi connectivity index (χ1n) is 4.17. The zero-order valence-electron chi connectivity index (χ0n) is 7.43. The maximum Gasteiger partial charge on any atom is 0.277 e. The molecule has 3 heteroatoms. The molecule has 0 saturated heterocycles. The van der Waals surface area contributed by atoms with Crippen LogP contribution in [0.25, 0.3) is 10.8 Å². The molecule has 2 aromatic carbocycles. The molecule has 0 fully saturated rings. The van der Waals surface area contributed by atoms with Crippen molar-refractivity contribution in [3.05, 3.63) is 59.0 Å². The Labute approximate surface area is 81.1 Å². The van der Waals surface area contributed by atoms with Crippen molar-refractivity contribution in [2.45, 2.75) is 0 Å². The van der Waals surface area contributed by atoms with Gasteiger partial charge >= 0.3 is 0 Å². The number of non-ortho nitro benzene ring substituents is 1. The van der Waals surface area contributed by atoms with E-state index in [0.717, 1.165) is 10.9 Å². The van der Waals surface area contributed by atoms with Crippen molar-refractivity contribution in [3.8, 4) is 0 Å². The molecule has 0 amide bonds. The molecule has 0 saturated carbocycles. The van der Waals surface area contributed by atoms with Gasteiger partial charge in [-0.3, -0.25) is 10.1 Å². The van der Waals surface area contributed by atoms with Crippen molar-refractivity contribution in [2.75, 3.05) is 0 Å². The van der Waals surface area contributed by atoms with Gasteiger partial charge in [-0.1, -0.05) is 24.3 Å². The fraction of sp³-hybridized carbons (Fsp3) is 0. The van der Waals surface area contributed by atoms with Crippen LogP contribution in [0.1, 0.15) is 5.56 Å². The van der Waals surface area contributed by atoms with Gasteiger partial charge in [-0.2, -0.15) is 0 Å². The third-order valence-electron chi connectivity index (χ3n) is 2.12. The first-order valence-corrected chi connectivity index (χ1v) is 4.17. The van der Waals surface area contributed by atoms with Crippen molar-refractivity contribution in [1.29, 1.82) is 0 Å². The molecule has 0 heterocycles. The number of nitro benzene ring substituents is 1. The minimum atomic E-state index is -0.370. The van der Waals surface area contributed by atoms with Crippen LogP contribution in [0.3, 0.4) is 0 Å². The second-order valence-electron chi connectivity index (χ2n) is 3.09. The van der Waals surface area contributed by atoms with E-state index >= 15 is 0 Å². The minimum absolute atomic E-state index is 0.141. The Hall–Kier alpha value is -1.90. The number of nitrogens with zero attached hydrogens (tertiary/aromatic N) is 1. The lowest BCUT2D eigenvalue weighted by molar-refractivity contribution is -0.383. The third kappa shape index (κ3) is 1.33. The van der Waals surface area contributed by atoms with Gasteiger partial charge in [0.2, 0.25) is 0 Å². The van der Waals surface area contributed by atoms with Gasteiger partial charge in [0.05, 0.1) is 10.3 Å². The van der Waals surface area contributed by atoms with Crippen LogP contribution in [0.2, 0.25) is 0 Å². The second kappa shape index (κ2) is 3.10. The van der Waals surface area contributed by atoms with E-state index in [9.17, 15) is 10.1 Å². The monoisotopic (exact) mass is 186 g/mol. The van der Waals surface area contributed by atoms with Gasteiger partial charge in [-0.25, -0.2) is 0 Å². The molecular weight excluding hydrogens is 178 g/mol. The topological polar surface area (TPSA) is 43.1 Å². The molecule has 3 nitrogen and oxygen atoms in total. The normalized spacial score (nSPS) is 10.4. The highest BCUT2D eigenvalue weighted by atomic mass is 16.6. The van der Waals surface area contributed by atoms with Crippen molar-refractivity contribution >= 4 is 16.5 Å². The van der Waals surface area contributed by atoms with E-state index in [1.807, 2.05) is 12.1 Å². The van der Waals surface area contributed by atoms with E-state index in [4.69, 9.17) is 0 Å². The highest BCUT2D eigenvalue weighted by Crippen LogP contribution is 2.25. The van der Waals surface area contributed by atoms with Crippen LogP contribution in [-0.4, -0.2) is 4.92 Å². The van der Waals surface area contributed by atoms with E-state index in [1.54, 1.807) is 18.2 Å². The van der Waals surface area contributed by atoms with Gasteiger partial charge in [0.1, 0.15) is 0 Å². The lowest BCUT2D eigenvalue weighted by Gasteiger charge is -1.99. The highest BCUT2D eigenvalue weighted by molar-refractivity contribution is 5.91. The molecular formula is C11H8NO2. The molecule has 14 heavy (non-hydrogen) atoms. The first-order chi connectivity index (χ1) is 6.68. The lowest BCUT2D eigenvalue weighted by Crippen LogP contribution is -1.89. The van der Waals surface area contributed by atoms with E-state index in [2.05, 4.69) is 6.92 Å². The molecule has 2 aromatic rings. The fourth-order valence-corrected chi connectivity index (χ4v) is 1.48. The van der Waals surface area contributed by atoms with Crippen LogP contribution in [0.15, 0.2) is 36.4 Å². The number of hydrogen-bond donors (Lipinski definition) is 0. The Bertz CT molecular complexity index is 506. The molecule has 0 aliphatic rings. The van der Waals surface area contributed by atoms with E-state index in [0.29, 0.717) is 5.39 Å². The standard InChI is InChI=1S/C11H8NO2/c1-8-5-6-10-9(7-8)3-2-4-11(10)12(13)14/h2-7H,1H2. The number of hydrogen-bond acceptors (Lipinski definition) is 2. The van der Waals surface area contributed by atoms with Crippen LogP contribution in [0, 0.1) is 17.0 Å². The molecule has 0 aliphatic carbocycles. The maximum atomic E-state index is 10.7. The average Bonchev–Trinajstić information content (AvgIpc) is 2.16. The number of nitro groups is 1. The molecule has 1 radical (unpaired) electrons. The van der Waals surface area contributed by atoms with Crippen LogP contribution in [0.5, 0.6) is 0 Å². The average molecular weight is 186 g/mol. The summed E-state index contributed by atoms with van der Waals surface area (Å²) in [5, 5.41) is 12.2. The molecule has 0 unspecified atom stereocenters. The fourth-order valence-electron chi connectivity index (χ4n) is 1.48. The van der Waals surface area contributed by atoms with Crippen LogP contribution in [-0.2, 0) is 0 Å². The molecule has 0 aromatic heterocycles. The minimum Gasteiger partial charge on any atom is -0.258 e. The van der Waals surface area contributed by atoms with Gasteiger partial charge in [0, 0.05) is 6.07 Å². The number of rotatable bonds is 1. The summed E-state index contributed by atoms with van der Waals surface area (Å²) >= 11 is 0. The second-order valence-corrected chi connectivity index (χ2v) is 3.09. The van der Waals surface area contributed by atoms with Crippen LogP contribution < -0.4 is 0 Å². The summed E-state index contributed by atoms with van der Waals surface area (Å²) in [4.78, 5) is 10.3. The Morgan fingerprint density at radius 1 is 1.21 bits per heavy atom. The van der Waals surface area contributed by atoms with Gasteiger partial charge < -0.3 is 0 Å². The maximum absolute atomic E-state index is 10.7. The summed E-state index contributed by atoms with van der Waals surface area (Å²) in [7, 11) is 0. The Morgan fingerprint density at radius 3 is 2.71 bits per heavy atom. The quantitative estimate of drug-likeness (QED) is 0.507. The molecule has 0 atom stereocenters. The number of benzene rings is 2. The molecule has 69 valence electrons. The van der Waals surface area contributed by atoms with Gasteiger partial charge in [0.25, 0.3) is 5.69 Å². The molecule has 2 rings (SSSR count). The van der Waals surface area contributed by atoms with E-state index < -0.39 is 0 Å². The van der Waals surface area contributed by atoms with Gasteiger partial charge in [0.15, 0.2) is 0 Å². The predicted octanol–water partition coefficient (Wildman–Crippen LogP) is 2.93. The molecule has 0 N–H and O–H groups in total. The van der Waals surface area contributed by atoms with E-state index in [-0.39, 0.29) is 10.6 Å². The SMILES string of the molecule is [CH2]c1ccc2c([N+](=O)[O-])cccc2c1. The molecule has 0 bridgehead atoms. The lowest BCUT2D eigenvalue weighted by atomic mass is 10.1. The molecule has 0 aliphatic heterocycles. The zero-order valence-corrected chi connectivity index (χ0v) is 7.43. The smallest absolute Gasteiger partial charge is 0.258 e. The van der Waals surface area contributed by atoms with E-state index in [1.165, 1.54) is 6.07 Å². The van der Waals surface area contributed by atoms with Crippen molar-refractivity contribution in [1.82, 2.24) is 0 Å². The summed E-state index contributed by atoms with van der Waals surface area (Å²) in [6.07, 6.45) is 0. The Balaban J connectivity index is 2.81. The highest BCUT2D eigenvalue weighted by Gasteiger charge is 2.09. The predicted molar refractivity (Wildman–Crippen MR) is 55.1 cm³/mol. The van der Waals surface area contributed by atoms with Gasteiger partial charge in [-0.05, 0) is 23.9 Å². The number of fused-ring (bicyclic) bond motifs is 1. The zero-order chi connectivity index (χ0) is 10.1. The van der Waals surface area contributed by atoms with Crippen LogP contribution >= 0.6 is 0 Å². The summed E-state index contributed by atoms with van der Waals surface area (Å²) in [5.41, 5.74) is 1.00. The molecule has 0 spiro atoms. The van der Waals surface area contributed by atoms with Gasteiger partial charge in [-0.15, -0.1) is 0 Å². The third-order valence-corrected chi connectivity index (χ3v) is 2.12. The van der Waals surface area contributed by atoms with Crippen molar-refractivity contribution in [3.63, 3.8) is 0 Å². The summed E-state index contributed by atoms with van der Waals surface area (Å²) in [5.74, 6) is 0. The largest absolute Gasteiger partial charge is 0.277 e. The first kappa shape index (κ1) is 8.69. The van der Waals surface area contributed by atoms with Crippen LogP contribution in [0.4, 0.5) is 5.69 Å². The summed E-state index contributed by atoms with van der Waals surface area (Å²) < 4.78 is 0. The summed E-state index contributed by atoms with van der Waals surface area (Å²) in [6.45, 7) is 3.78. The van der Waals surface area contributed by atoms with Crippen molar-refractivity contribution in [2.24, 2.45) is 0 Å². The Morgan fingerprint density at radius 2 is 2.00 bits per heavy atom. The Kier molecular flexibility index (Phi) is 1.93. The van der Waals surface area contributed by atoms with Crippen molar-refractivity contribution < 1.29 is 4.92 Å².